The molecule has 0 saturated heterocycles. The van der Waals surface area contributed by atoms with Crippen LogP contribution >= 0.6 is 0 Å². The number of hydrogen-bond acceptors (Lipinski definition) is 4. The maximum atomic E-state index is 11.6. The van der Waals surface area contributed by atoms with Crippen LogP contribution in [0.1, 0.15) is 41.2 Å². The van der Waals surface area contributed by atoms with E-state index in [9.17, 15) is 14.7 Å². The monoisotopic (exact) mass is 255 g/mol. The van der Waals surface area contributed by atoms with E-state index in [1.807, 2.05) is 6.92 Å². The van der Waals surface area contributed by atoms with Crippen molar-refractivity contribution < 1.29 is 24.2 Å². The first-order valence-corrected chi connectivity index (χ1v) is 5.68. The number of rotatable bonds is 6. The van der Waals surface area contributed by atoms with Gasteiger partial charge in [0.15, 0.2) is 5.76 Å². The fourth-order valence-electron chi connectivity index (χ4n) is 1.59. The van der Waals surface area contributed by atoms with E-state index < -0.39 is 18.0 Å². The predicted molar refractivity (Wildman–Crippen MR) is 63.5 cm³/mol. The quantitative estimate of drug-likeness (QED) is 0.707. The number of aliphatic hydroxyl groups is 1. The molecule has 0 aromatic carbocycles. The molecule has 0 radical (unpaired) electrons. The van der Waals surface area contributed by atoms with Gasteiger partial charge in [-0.1, -0.05) is 6.92 Å². The van der Waals surface area contributed by atoms with Crippen LogP contribution in [0.5, 0.6) is 0 Å². The van der Waals surface area contributed by atoms with Crippen molar-refractivity contribution in [2.45, 2.75) is 26.4 Å². The van der Waals surface area contributed by atoms with Gasteiger partial charge in [0.25, 0.3) is 5.91 Å². The second-order valence-corrected chi connectivity index (χ2v) is 4.40. The Hall–Kier alpha value is -1.82. The van der Waals surface area contributed by atoms with Crippen molar-refractivity contribution in [2.24, 2.45) is 5.92 Å². The van der Waals surface area contributed by atoms with Gasteiger partial charge in [-0.3, -0.25) is 4.79 Å². The lowest BCUT2D eigenvalue weighted by Gasteiger charge is -2.13. The normalized spacial score (nSPS) is 13.9. The summed E-state index contributed by atoms with van der Waals surface area (Å²) in [5.74, 6) is -1.50. The van der Waals surface area contributed by atoms with Gasteiger partial charge >= 0.3 is 5.97 Å². The van der Waals surface area contributed by atoms with Gasteiger partial charge in [0.1, 0.15) is 6.26 Å². The minimum absolute atomic E-state index is 0.0309. The number of carboxylic acids is 1. The molecule has 6 heteroatoms. The summed E-state index contributed by atoms with van der Waals surface area (Å²) in [6.45, 7) is 3.98. The van der Waals surface area contributed by atoms with Crippen LogP contribution < -0.4 is 5.32 Å². The van der Waals surface area contributed by atoms with Gasteiger partial charge in [0.2, 0.25) is 0 Å². The Labute approximate surface area is 105 Å². The third kappa shape index (κ3) is 4.21. The molecule has 0 aliphatic heterocycles. The third-order valence-electron chi connectivity index (χ3n) is 2.42. The molecule has 0 saturated carbocycles. The summed E-state index contributed by atoms with van der Waals surface area (Å²) in [5, 5.41) is 20.5. The molecule has 0 bridgehead atoms. The average Bonchev–Trinajstić information content (AvgIpc) is 2.74. The second-order valence-electron chi connectivity index (χ2n) is 4.40. The lowest BCUT2D eigenvalue weighted by Crippen LogP contribution is -2.29. The molecule has 0 spiro atoms. The molecule has 18 heavy (non-hydrogen) atoms. The van der Waals surface area contributed by atoms with E-state index in [2.05, 4.69) is 5.32 Å². The molecule has 0 fully saturated rings. The van der Waals surface area contributed by atoms with Crippen molar-refractivity contribution in [1.29, 1.82) is 0 Å². The molecule has 0 aliphatic carbocycles. The van der Waals surface area contributed by atoms with E-state index in [-0.39, 0.29) is 17.2 Å². The standard InChI is InChI=1S/C12H17NO5/c1-7(3-8(2)14)5-13-11(15)10-4-9(6-18-10)12(16)17/h4,6-8,14H,3,5H2,1-2H3,(H,13,15)(H,16,17). The van der Waals surface area contributed by atoms with Gasteiger partial charge in [-0.2, -0.15) is 0 Å². The van der Waals surface area contributed by atoms with Crippen molar-refractivity contribution in [3.05, 3.63) is 23.7 Å². The van der Waals surface area contributed by atoms with Crippen LogP contribution in [0.3, 0.4) is 0 Å². The van der Waals surface area contributed by atoms with Crippen LogP contribution in [0, 0.1) is 5.92 Å². The Morgan fingerprint density at radius 1 is 1.44 bits per heavy atom. The smallest absolute Gasteiger partial charge is 0.338 e. The number of aliphatic hydroxyl groups excluding tert-OH is 1. The number of carboxylic acid groups (broad SMARTS) is 1. The van der Waals surface area contributed by atoms with Gasteiger partial charge in [0.05, 0.1) is 11.7 Å². The first-order chi connectivity index (χ1) is 8.40. The van der Waals surface area contributed by atoms with Crippen LogP contribution in [-0.4, -0.2) is 34.7 Å². The van der Waals surface area contributed by atoms with Crippen molar-refractivity contribution in [3.8, 4) is 0 Å². The maximum Gasteiger partial charge on any atom is 0.338 e. The van der Waals surface area contributed by atoms with Crippen LogP contribution in [0.4, 0.5) is 0 Å². The largest absolute Gasteiger partial charge is 0.478 e. The second kappa shape index (κ2) is 6.20. The van der Waals surface area contributed by atoms with E-state index in [1.54, 1.807) is 6.92 Å². The van der Waals surface area contributed by atoms with Crippen molar-refractivity contribution in [2.75, 3.05) is 6.54 Å². The van der Waals surface area contributed by atoms with Gasteiger partial charge in [-0.05, 0) is 19.3 Å². The first kappa shape index (κ1) is 14.2. The number of aromatic carboxylic acids is 1. The minimum atomic E-state index is -1.14. The molecule has 1 aromatic rings. The van der Waals surface area contributed by atoms with E-state index in [0.717, 1.165) is 6.26 Å². The van der Waals surface area contributed by atoms with E-state index in [0.29, 0.717) is 13.0 Å². The van der Waals surface area contributed by atoms with Gasteiger partial charge in [-0.15, -0.1) is 0 Å². The Bertz CT molecular complexity index is 424. The fraction of sp³-hybridized carbons (Fsp3) is 0.500. The highest BCUT2D eigenvalue weighted by atomic mass is 16.4. The number of amides is 1. The Balaban J connectivity index is 2.47. The highest BCUT2D eigenvalue weighted by molar-refractivity contribution is 5.95. The Morgan fingerprint density at radius 2 is 2.11 bits per heavy atom. The van der Waals surface area contributed by atoms with Crippen LogP contribution in [0.15, 0.2) is 16.7 Å². The zero-order chi connectivity index (χ0) is 13.7. The number of nitrogens with one attached hydrogen (secondary N) is 1. The summed E-state index contributed by atoms with van der Waals surface area (Å²) < 4.78 is 4.86. The molecule has 2 atom stereocenters. The molecule has 1 heterocycles. The highest BCUT2D eigenvalue weighted by Gasteiger charge is 2.15. The summed E-state index contributed by atoms with van der Waals surface area (Å²) in [5.41, 5.74) is -0.0582. The highest BCUT2D eigenvalue weighted by Crippen LogP contribution is 2.09. The molecule has 1 aromatic heterocycles. The number of carbonyl (C=O) groups is 2. The SMILES string of the molecule is CC(O)CC(C)CNC(=O)c1cc(C(=O)O)co1. The molecule has 0 aliphatic rings. The molecule has 1 amide bonds. The molecule has 1 rings (SSSR count). The van der Waals surface area contributed by atoms with Crippen molar-refractivity contribution in [1.82, 2.24) is 5.32 Å². The number of carbonyl (C=O) groups excluding carboxylic acids is 1. The zero-order valence-corrected chi connectivity index (χ0v) is 10.3. The number of furan rings is 1. The zero-order valence-electron chi connectivity index (χ0n) is 10.3. The Morgan fingerprint density at radius 3 is 2.61 bits per heavy atom. The van der Waals surface area contributed by atoms with Crippen molar-refractivity contribution >= 4 is 11.9 Å². The summed E-state index contributed by atoms with van der Waals surface area (Å²) in [7, 11) is 0. The fourth-order valence-corrected chi connectivity index (χ4v) is 1.59. The predicted octanol–water partition coefficient (Wildman–Crippen LogP) is 1.11. The lowest BCUT2D eigenvalue weighted by molar-refractivity contribution is 0.0695. The first-order valence-electron chi connectivity index (χ1n) is 5.68. The van der Waals surface area contributed by atoms with Crippen molar-refractivity contribution in [3.63, 3.8) is 0 Å². The van der Waals surface area contributed by atoms with E-state index in [4.69, 9.17) is 9.52 Å². The third-order valence-corrected chi connectivity index (χ3v) is 2.42. The summed E-state index contributed by atoms with van der Waals surface area (Å²) in [6.07, 6.45) is 1.19. The van der Waals surface area contributed by atoms with Crippen LogP contribution in [0.2, 0.25) is 0 Å². The minimum Gasteiger partial charge on any atom is -0.478 e. The van der Waals surface area contributed by atoms with Gasteiger partial charge in [-0.25, -0.2) is 4.79 Å². The topological polar surface area (TPSA) is 99.8 Å². The van der Waals surface area contributed by atoms with Crippen LogP contribution in [0.25, 0.3) is 0 Å². The molecule has 100 valence electrons. The van der Waals surface area contributed by atoms with Gasteiger partial charge < -0.3 is 19.9 Å². The Kier molecular flexibility index (Phi) is 4.91. The summed E-state index contributed by atoms with van der Waals surface area (Å²) in [4.78, 5) is 22.2. The van der Waals surface area contributed by atoms with E-state index >= 15 is 0 Å². The maximum absolute atomic E-state index is 11.6. The molecular weight excluding hydrogens is 238 g/mol. The summed E-state index contributed by atoms with van der Waals surface area (Å²) >= 11 is 0. The lowest BCUT2D eigenvalue weighted by atomic mass is 10.0. The number of hydrogen-bond donors (Lipinski definition) is 3. The molecule has 2 unspecified atom stereocenters. The average molecular weight is 255 g/mol. The van der Waals surface area contributed by atoms with E-state index in [1.165, 1.54) is 6.07 Å². The molecule has 6 nitrogen and oxygen atoms in total. The van der Waals surface area contributed by atoms with Gasteiger partial charge in [0, 0.05) is 12.6 Å². The summed E-state index contributed by atoms with van der Waals surface area (Å²) in [6, 6.07) is 1.18. The van der Waals surface area contributed by atoms with Crippen LogP contribution in [-0.2, 0) is 0 Å². The molecule has 3 N–H and O–H groups in total. The molecular formula is C12H17NO5.